The van der Waals surface area contributed by atoms with Gasteiger partial charge in [0.1, 0.15) is 9.09 Å². The molecular weight excluding hydrogens is 290 g/mol. The topological polar surface area (TPSA) is 104 Å². The summed E-state index contributed by atoms with van der Waals surface area (Å²) >= 11 is 0.680. The van der Waals surface area contributed by atoms with Crippen molar-refractivity contribution in [3.8, 4) is 0 Å². The first-order valence-corrected chi connectivity index (χ1v) is 8.03. The molecule has 0 aliphatic rings. The van der Waals surface area contributed by atoms with Gasteiger partial charge < -0.3 is 10.2 Å². The van der Waals surface area contributed by atoms with E-state index < -0.39 is 21.6 Å². The van der Waals surface area contributed by atoms with Gasteiger partial charge in [-0.2, -0.15) is 0 Å². The molecule has 1 heterocycles. The number of hydrogen-bond acceptors (Lipinski definition) is 5. The summed E-state index contributed by atoms with van der Waals surface area (Å²) < 4.78 is 26.0. The summed E-state index contributed by atoms with van der Waals surface area (Å²) in [5, 5.41) is 18.6. The molecule has 0 spiro atoms. The number of aliphatic hydroxyl groups is 1. The van der Waals surface area contributed by atoms with E-state index >= 15 is 0 Å². The van der Waals surface area contributed by atoms with Crippen LogP contribution >= 0.6 is 11.3 Å². The summed E-state index contributed by atoms with van der Waals surface area (Å²) in [6, 6.07) is 2.48. The zero-order chi connectivity index (χ0) is 14.7. The largest absolute Gasteiger partial charge is 0.477 e. The average molecular weight is 307 g/mol. The van der Waals surface area contributed by atoms with Gasteiger partial charge in [0, 0.05) is 6.54 Å². The number of nitrogens with one attached hydrogen (secondary N) is 1. The Balaban J connectivity index is 2.78. The molecule has 0 fully saturated rings. The number of sulfonamides is 1. The minimum Gasteiger partial charge on any atom is -0.477 e. The Morgan fingerprint density at radius 3 is 2.58 bits per heavy atom. The number of carboxylic acids is 1. The van der Waals surface area contributed by atoms with Crippen molar-refractivity contribution >= 4 is 27.3 Å². The molecular formula is C11H17NO5S2. The van der Waals surface area contributed by atoms with Crippen LogP contribution in [-0.2, 0) is 10.0 Å². The van der Waals surface area contributed by atoms with Crippen LogP contribution in [0.2, 0.25) is 0 Å². The number of carboxylic acid groups (broad SMARTS) is 1. The van der Waals surface area contributed by atoms with E-state index in [1.165, 1.54) is 12.1 Å². The van der Waals surface area contributed by atoms with E-state index in [9.17, 15) is 18.3 Å². The number of aromatic carboxylic acids is 1. The zero-order valence-corrected chi connectivity index (χ0v) is 12.3. The molecule has 0 aliphatic carbocycles. The van der Waals surface area contributed by atoms with Crippen LogP contribution in [0, 0.1) is 0 Å². The lowest BCUT2D eigenvalue weighted by molar-refractivity contribution is 0.0554. The Morgan fingerprint density at radius 1 is 1.47 bits per heavy atom. The van der Waals surface area contributed by atoms with E-state index in [1.807, 2.05) is 6.92 Å². The molecule has 19 heavy (non-hydrogen) atoms. The molecule has 0 aromatic carbocycles. The van der Waals surface area contributed by atoms with Gasteiger partial charge in [0.25, 0.3) is 0 Å². The first-order valence-electron chi connectivity index (χ1n) is 5.73. The Kier molecular flexibility index (Phi) is 5.08. The van der Waals surface area contributed by atoms with Crippen molar-refractivity contribution in [3.05, 3.63) is 17.0 Å². The van der Waals surface area contributed by atoms with Crippen molar-refractivity contribution in [1.82, 2.24) is 4.72 Å². The first kappa shape index (κ1) is 16.1. The number of hydrogen-bond donors (Lipinski definition) is 3. The molecule has 0 aliphatic heterocycles. The van der Waals surface area contributed by atoms with Gasteiger partial charge >= 0.3 is 5.97 Å². The smallest absolute Gasteiger partial charge is 0.345 e. The van der Waals surface area contributed by atoms with Crippen LogP contribution in [0.1, 0.15) is 36.4 Å². The van der Waals surface area contributed by atoms with E-state index in [4.69, 9.17) is 5.11 Å². The maximum Gasteiger partial charge on any atom is 0.345 e. The second-order valence-electron chi connectivity index (χ2n) is 4.50. The van der Waals surface area contributed by atoms with Gasteiger partial charge in [0.05, 0.1) is 5.60 Å². The molecule has 0 saturated heterocycles. The minimum atomic E-state index is -3.78. The standard InChI is InChI=1S/C11H17NO5S2/c1-3-6-11(2,15)7-12-19(16,17)9-5-4-8(18-9)10(13)14/h4-5,12,15H,3,6-7H2,1-2H3,(H,13,14). The Morgan fingerprint density at radius 2 is 2.11 bits per heavy atom. The van der Waals surface area contributed by atoms with E-state index in [1.54, 1.807) is 6.92 Å². The summed E-state index contributed by atoms with van der Waals surface area (Å²) in [5.41, 5.74) is -1.12. The first-order chi connectivity index (χ1) is 8.68. The molecule has 0 radical (unpaired) electrons. The van der Waals surface area contributed by atoms with Crippen molar-refractivity contribution in [3.63, 3.8) is 0 Å². The van der Waals surface area contributed by atoms with Gasteiger partial charge in [0.2, 0.25) is 10.0 Å². The summed E-state index contributed by atoms with van der Waals surface area (Å²) in [7, 11) is -3.78. The Labute approximate surface area is 116 Å². The lowest BCUT2D eigenvalue weighted by Gasteiger charge is -2.22. The van der Waals surface area contributed by atoms with Crippen molar-refractivity contribution < 1.29 is 23.4 Å². The maximum absolute atomic E-state index is 11.9. The normalized spacial score (nSPS) is 15.1. The lowest BCUT2D eigenvalue weighted by atomic mass is 10.0. The molecule has 1 atom stereocenters. The van der Waals surface area contributed by atoms with Crippen LogP contribution in [0.4, 0.5) is 0 Å². The van der Waals surface area contributed by atoms with Gasteiger partial charge in [-0.25, -0.2) is 17.9 Å². The second-order valence-corrected chi connectivity index (χ2v) is 7.57. The predicted octanol–water partition coefficient (Wildman–Crippen LogP) is 1.28. The highest BCUT2D eigenvalue weighted by Gasteiger charge is 2.24. The van der Waals surface area contributed by atoms with Crippen LogP contribution in [-0.4, -0.2) is 36.7 Å². The van der Waals surface area contributed by atoms with Gasteiger partial charge in [-0.05, 0) is 25.5 Å². The van der Waals surface area contributed by atoms with Crippen LogP contribution < -0.4 is 4.72 Å². The molecule has 1 aromatic rings. The summed E-state index contributed by atoms with van der Waals surface area (Å²) in [4.78, 5) is 10.7. The molecule has 108 valence electrons. The van der Waals surface area contributed by atoms with Crippen molar-refractivity contribution in [2.45, 2.75) is 36.5 Å². The van der Waals surface area contributed by atoms with Gasteiger partial charge in [-0.15, -0.1) is 11.3 Å². The summed E-state index contributed by atoms with van der Waals surface area (Å²) in [6.45, 7) is 3.33. The predicted molar refractivity (Wildman–Crippen MR) is 72.0 cm³/mol. The molecule has 1 aromatic heterocycles. The third-order valence-electron chi connectivity index (χ3n) is 2.49. The van der Waals surface area contributed by atoms with E-state index in [2.05, 4.69) is 4.72 Å². The fourth-order valence-corrected chi connectivity index (χ4v) is 3.88. The van der Waals surface area contributed by atoms with E-state index in [0.29, 0.717) is 17.8 Å². The van der Waals surface area contributed by atoms with Gasteiger partial charge in [-0.3, -0.25) is 0 Å². The second kappa shape index (κ2) is 6.00. The number of rotatable bonds is 7. The Bertz CT molecular complexity index is 547. The number of thiophene rings is 1. The third kappa shape index (κ3) is 4.57. The quantitative estimate of drug-likeness (QED) is 0.704. The molecule has 6 nitrogen and oxygen atoms in total. The van der Waals surface area contributed by atoms with Crippen LogP contribution in [0.5, 0.6) is 0 Å². The van der Waals surface area contributed by atoms with Crippen LogP contribution in [0.15, 0.2) is 16.3 Å². The van der Waals surface area contributed by atoms with Gasteiger partial charge in [-0.1, -0.05) is 13.3 Å². The third-order valence-corrected chi connectivity index (χ3v) is 5.45. The molecule has 0 saturated carbocycles. The Hall–Kier alpha value is -0.960. The molecule has 0 bridgehead atoms. The molecule has 0 amide bonds. The fraction of sp³-hybridized carbons (Fsp3) is 0.545. The molecule has 1 rings (SSSR count). The zero-order valence-electron chi connectivity index (χ0n) is 10.7. The van der Waals surface area contributed by atoms with E-state index in [0.717, 1.165) is 6.42 Å². The molecule has 1 unspecified atom stereocenters. The summed E-state index contributed by atoms with van der Waals surface area (Å²) in [5.74, 6) is -1.16. The van der Waals surface area contributed by atoms with Crippen molar-refractivity contribution in [2.75, 3.05) is 6.54 Å². The average Bonchev–Trinajstić information content (AvgIpc) is 2.77. The molecule has 8 heteroatoms. The van der Waals surface area contributed by atoms with Crippen LogP contribution in [0.25, 0.3) is 0 Å². The van der Waals surface area contributed by atoms with E-state index in [-0.39, 0.29) is 15.6 Å². The minimum absolute atomic E-state index is 0.0410. The monoisotopic (exact) mass is 307 g/mol. The lowest BCUT2D eigenvalue weighted by Crippen LogP contribution is -2.40. The summed E-state index contributed by atoms with van der Waals surface area (Å²) in [6.07, 6.45) is 1.21. The highest BCUT2D eigenvalue weighted by atomic mass is 32.2. The van der Waals surface area contributed by atoms with Gasteiger partial charge in [0.15, 0.2) is 0 Å². The van der Waals surface area contributed by atoms with Crippen molar-refractivity contribution in [2.24, 2.45) is 0 Å². The highest BCUT2D eigenvalue weighted by Crippen LogP contribution is 2.22. The van der Waals surface area contributed by atoms with Crippen molar-refractivity contribution in [1.29, 1.82) is 0 Å². The molecule has 3 N–H and O–H groups in total. The number of carbonyl (C=O) groups is 1. The maximum atomic E-state index is 11.9. The fourth-order valence-electron chi connectivity index (χ4n) is 1.53. The highest BCUT2D eigenvalue weighted by molar-refractivity contribution is 7.91. The SMILES string of the molecule is CCCC(C)(O)CNS(=O)(=O)c1ccc(C(=O)O)s1. The van der Waals surface area contributed by atoms with Crippen LogP contribution in [0.3, 0.4) is 0 Å².